The lowest BCUT2D eigenvalue weighted by Gasteiger charge is -2.40. The number of aliphatic carboxylic acids is 3. The first-order chi connectivity index (χ1) is 20.3. The number of amides is 2. The summed E-state index contributed by atoms with van der Waals surface area (Å²) in [6.45, 7) is -0.000118. The van der Waals surface area contributed by atoms with Crippen LogP contribution in [-0.4, -0.2) is 106 Å². The van der Waals surface area contributed by atoms with Crippen molar-refractivity contribution in [1.82, 2.24) is 15.5 Å². The van der Waals surface area contributed by atoms with Crippen molar-refractivity contribution in [3.8, 4) is 0 Å². The Bertz CT molecular complexity index is 1180. The van der Waals surface area contributed by atoms with Gasteiger partial charge in [-0.15, -0.1) is 0 Å². The molecule has 238 valence electrons. The van der Waals surface area contributed by atoms with Crippen LogP contribution in [0.2, 0.25) is 5.02 Å². The number of esters is 1. The van der Waals surface area contributed by atoms with Crippen molar-refractivity contribution in [2.24, 2.45) is 11.7 Å². The monoisotopic (exact) mass is 662 g/mol. The Morgan fingerprint density at radius 2 is 1.84 bits per heavy atom. The number of ether oxygens (including phenoxy) is 1. The Morgan fingerprint density at radius 3 is 2.44 bits per heavy atom. The normalized spacial score (nSPS) is 19.0. The van der Waals surface area contributed by atoms with Crippen LogP contribution in [-0.2, 0) is 33.5 Å². The second-order valence-corrected chi connectivity index (χ2v) is 12.8. The summed E-state index contributed by atoms with van der Waals surface area (Å²) >= 11 is 6.37. The van der Waals surface area contributed by atoms with Crippen molar-refractivity contribution >= 4 is 68.9 Å². The number of carbonyl (C=O) groups excluding carboxylic acids is 3. The Labute approximate surface area is 260 Å². The van der Waals surface area contributed by atoms with Crippen LogP contribution in [0.1, 0.15) is 37.3 Å². The number of halogens is 1. The first-order valence-electron chi connectivity index (χ1n) is 13.2. The SMILES string of the molecule is COC(=O)[C@H](c1ccccc1Cl)N1CCC(SSC[C@H](NC(=O)CC[C@H](N)C(=O)O)C(=O)NCC(=O)O)C(CC(=O)O)C1. The van der Waals surface area contributed by atoms with Gasteiger partial charge < -0.3 is 36.4 Å². The molecule has 1 aromatic rings. The summed E-state index contributed by atoms with van der Waals surface area (Å²) < 4.78 is 5.03. The summed E-state index contributed by atoms with van der Waals surface area (Å²) in [6.07, 6.45) is -0.125. The predicted molar refractivity (Wildman–Crippen MR) is 159 cm³/mol. The van der Waals surface area contributed by atoms with E-state index in [1.54, 1.807) is 24.3 Å². The van der Waals surface area contributed by atoms with Gasteiger partial charge in [0, 0.05) is 35.5 Å². The maximum Gasteiger partial charge on any atom is 0.327 e. The fraction of sp³-hybridized carbons (Fsp3) is 0.538. The number of nitrogens with zero attached hydrogens (tertiary/aromatic N) is 1. The molecule has 1 fully saturated rings. The van der Waals surface area contributed by atoms with Gasteiger partial charge in [-0.1, -0.05) is 51.4 Å². The van der Waals surface area contributed by atoms with Crippen molar-refractivity contribution in [1.29, 1.82) is 0 Å². The molecule has 1 aromatic carbocycles. The molecule has 5 atom stereocenters. The van der Waals surface area contributed by atoms with Crippen LogP contribution in [0.25, 0.3) is 0 Å². The third kappa shape index (κ3) is 11.9. The highest BCUT2D eigenvalue weighted by molar-refractivity contribution is 8.77. The van der Waals surface area contributed by atoms with Crippen LogP contribution in [0.3, 0.4) is 0 Å². The maximum atomic E-state index is 12.8. The quantitative estimate of drug-likeness (QED) is 0.101. The summed E-state index contributed by atoms with van der Waals surface area (Å²) in [4.78, 5) is 73.2. The van der Waals surface area contributed by atoms with Crippen molar-refractivity contribution in [2.75, 3.05) is 32.5 Å². The average Bonchev–Trinajstić information content (AvgIpc) is 2.95. The molecule has 7 N–H and O–H groups in total. The van der Waals surface area contributed by atoms with Gasteiger partial charge in [0.1, 0.15) is 24.7 Å². The number of nitrogens with one attached hydrogen (secondary N) is 2. The number of carboxylic acid groups (broad SMARTS) is 3. The third-order valence-corrected chi connectivity index (χ3v) is 9.99. The van der Waals surface area contributed by atoms with E-state index in [0.29, 0.717) is 23.6 Å². The number of hydrogen-bond donors (Lipinski definition) is 6. The summed E-state index contributed by atoms with van der Waals surface area (Å²) in [6, 6.07) is 3.61. The van der Waals surface area contributed by atoms with Crippen molar-refractivity contribution in [2.45, 2.75) is 49.1 Å². The van der Waals surface area contributed by atoms with Crippen LogP contribution in [0, 0.1) is 5.92 Å². The van der Waals surface area contributed by atoms with Crippen molar-refractivity contribution in [3.05, 3.63) is 34.9 Å². The summed E-state index contributed by atoms with van der Waals surface area (Å²) in [5.74, 6) is -5.88. The smallest absolute Gasteiger partial charge is 0.327 e. The lowest BCUT2D eigenvalue weighted by atomic mass is 9.91. The summed E-state index contributed by atoms with van der Waals surface area (Å²) in [5, 5.41) is 32.3. The van der Waals surface area contributed by atoms with Gasteiger partial charge in [0.15, 0.2) is 0 Å². The molecule has 1 saturated heterocycles. The summed E-state index contributed by atoms with van der Waals surface area (Å²) in [7, 11) is 3.80. The molecule has 1 aliphatic heterocycles. The van der Waals surface area contributed by atoms with Gasteiger partial charge in [-0.3, -0.25) is 28.9 Å². The first kappa shape index (κ1) is 36.1. The highest BCUT2D eigenvalue weighted by Crippen LogP contribution is 2.41. The van der Waals surface area contributed by atoms with Crippen LogP contribution in [0.4, 0.5) is 0 Å². The Balaban J connectivity index is 2.11. The molecular weight excluding hydrogens is 628 g/mol. The Hall–Kier alpha value is -3.05. The van der Waals surface area contributed by atoms with Gasteiger partial charge in [0.2, 0.25) is 11.8 Å². The number of hydrogen-bond acceptors (Lipinski definition) is 11. The molecule has 17 heteroatoms. The van der Waals surface area contributed by atoms with Crippen LogP contribution < -0.4 is 16.4 Å². The fourth-order valence-electron chi connectivity index (χ4n) is 4.44. The van der Waals surface area contributed by atoms with Crippen LogP contribution >= 0.6 is 33.2 Å². The molecule has 0 aromatic heterocycles. The number of carboxylic acids is 3. The lowest BCUT2D eigenvalue weighted by molar-refractivity contribution is -0.148. The number of methoxy groups -OCH3 is 1. The van der Waals surface area contributed by atoms with E-state index in [-0.39, 0.29) is 36.8 Å². The first-order valence-corrected chi connectivity index (χ1v) is 15.9. The number of piperidine rings is 1. The van der Waals surface area contributed by atoms with E-state index in [0.717, 1.165) is 0 Å². The van der Waals surface area contributed by atoms with E-state index in [1.165, 1.54) is 28.7 Å². The van der Waals surface area contributed by atoms with Gasteiger partial charge in [-0.05, 0) is 30.4 Å². The molecule has 2 rings (SSSR count). The zero-order chi connectivity index (χ0) is 32.1. The molecule has 0 spiro atoms. The molecule has 43 heavy (non-hydrogen) atoms. The molecule has 1 aliphatic rings. The van der Waals surface area contributed by atoms with Gasteiger partial charge in [0.25, 0.3) is 0 Å². The van der Waals surface area contributed by atoms with Crippen LogP contribution in [0.5, 0.6) is 0 Å². The highest BCUT2D eigenvalue weighted by Gasteiger charge is 2.38. The predicted octanol–water partition coefficient (Wildman–Crippen LogP) is 0.978. The Morgan fingerprint density at radius 1 is 1.14 bits per heavy atom. The maximum absolute atomic E-state index is 12.8. The van der Waals surface area contributed by atoms with E-state index in [1.807, 2.05) is 4.90 Å². The number of benzene rings is 1. The molecule has 14 nitrogen and oxygen atoms in total. The second-order valence-electron chi connectivity index (χ2n) is 9.72. The van der Waals surface area contributed by atoms with E-state index in [2.05, 4.69) is 10.6 Å². The molecule has 2 unspecified atom stereocenters. The molecule has 1 heterocycles. The number of rotatable bonds is 17. The molecule has 0 bridgehead atoms. The van der Waals surface area contributed by atoms with Crippen LogP contribution in [0.15, 0.2) is 24.3 Å². The minimum Gasteiger partial charge on any atom is -0.481 e. The van der Waals surface area contributed by atoms with Gasteiger partial charge in [0.05, 0.1) is 13.5 Å². The molecular formula is C26H35ClN4O10S2. The number of nitrogens with two attached hydrogens (primary N) is 1. The average molecular weight is 663 g/mol. The molecule has 2 amide bonds. The minimum atomic E-state index is -1.28. The number of likely N-dealkylation sites (tertiary alicyclic amines) is 1. The van der Waals surface area contributed by atoms with Gasteiger partial charge in [-0.25, -0.2) is 4.79 Å². The number of carbonyl (C=O) groups is 6. The largest absolute Gasteiger partial charge is 0.481 e. The lowest BCUT2D eigenvalue weighted by Crippen LogP contribution is -2.49. The van der Waals surface area contributed by atoms with Gasteiger partial charge in [-0.2, -0.15) is 0 Å². The highest BCUT2D eigenvalue weighted by atomic mass is 35.5. The topological polar surface area (TPSA) is 226 Å². The standard InChI is InChI=1S/C26H35ClN4O10S2/c1-41-26(40)23(15-4-2-3-5-16(15)27)31-9-8-19(14(12-31)10-21(33)34)43-42-13-18(24(37)29-11-22(35)36)30-20(32)7-6-17(28)25(38)39/h2-5,14,17-19,23H,6-13,28H2,1H3,(H,29,37)(H,30,32)(H,33,34)(H,35,36)(H,38,39)/t14?,17-,18-,19?,23-/m0/s1. The van der Waals surface area contributed by atoms with Crippen molar-refractivity contribution < 1.29 is 48.8 Å². The summed E-state index contributed by atoms with van der Waals surface area (Å²) in [5.41, 5.74) is 5.97. The van der Waals surface area contributed by atoms with Crippen molar-refractivity contribution in [3.63, 3.8) is 0 Å². The van der Waals surface area contributed by atoms with E-state index < -0.39 is 66.3 Å². The molecule has 0 saturated carbocycles. The third-order valence-electron chi connectivity index (χ3n) is 6.61. The minimum absolute atomic E-state index is 0.0112. The molecule has 0 radical (unpaired) electrons. The Kier molecular flexibility index (Phi) is 15.1. The zero-order valence-corrected chi connectivity index (χ0v) is 25.7. The second kappa shape index (κ2) is 17.9. The van der Waals surface area contributed by atoms with Gasteiger partial charge >= 0.3 is 23.9 Å². The van der Waals surface area contributed by atoms with E-state index in [9.17, 15) is 33.9 Å². The van der Waals surface area contributed by atoms with E-state index in [4.69, 9.17) is 32.3 Å². The fourth-order valence-corrected chi connectivity index (χ4v) is 7.77. The molecule has 0 aliphatic carbocycles. The zero-order valence-electron chi connectivity index (χ0n) is 23.3. The van der Waals surface area contributed by atoms with E-state index >= 15 is 0 Å².